The van der Waals surface area contributed by atoms with E-state index in [1.807, 2.05) is 41.1 Å². The van der Waals surface area contributed by atoms with E-state index in [2.05, 4.69) is 49.8 Å². The summed E-state index contributed by atoms with van der Waals surface area (Å²) in [7, 11) is 2.07. The molecule has 1 saturated carbocycles. The van der Waals surface area contributed by atoms with Crippen LogP contribution in [0.5, 0.6) is 0 Å². The molecule has 1 aliphatic rings. The van der Waals surface area contributed by atoms with Gasteiger partial charge in [-0.25, -0.2) is 4.68 Å². The topological polar surface area (TPSA) is 51.4 Å². The Morgan fingerprint density at radius 1 is 1.14 bits per heavy atom. The van der Waals surface area contributed by atoms with Crippen LogP contribution in [0.15, 0.2) is 66.9 Å². The molecule has 1 unspecified atom stereocenters. The molecule has 150 valence electrons. The molecule has 2 N–H and O–H groups in total. The van der Waals surface area contributed by atoms with E-state index in [4.69, 9.17) is 5.10 Å². The van der Waals surface area contributed by atoms with Crippen molar-refractivity contribution in [3.63, 3.8) is 0 Å². The second kappa shape index (κ2) is 8.62. The van der Waals surface area contributed by atoms with Crippen LogP contribution in [0.4, 0.5) is 0 Å². The lowest BCUT2D eigenvalue weighted by Crippen LogP contribution is -3.09. The molecule has 1 heterocycles. The summed E-state index contributed by atoms with van der Waals surface area (Å²) in [4.78, 5) is 13.6. The molecular formula is C24H29N4O+. The smallest absolute Gasteiger partial charge is 0.275 e. The summed E-state index contributed by atoms with van der Waals surface area (Å²) >= 11 is 0. The van der Waals surface area contributed by atoms with E-state index >= 15 is 0 Å². The SMILES string of the molecule is C[C@@H](NC(=O)C[NH+](C)Cc1cn(-c2ccccc2)nc1-c1ccccc1)C1CC1. The number of rotatable bonds is 8. The van der Waals surface area contributed by atoms with Gasteiger partial charge in [0.25, 0.3) is 5.91 Å². The number of amides is 1. The average Bonchev–Trinajstić information content (AvgIpc) is 3.50. The van der Waals surface area contributed by atoms with Gasteiger partial charge in [0.15, 0.2) is 6.54 Å². The molecule has 3 aromatic rings. The van der Waals surface area contributed by atoms with E-state index in [1.165, 1.54) is 12.8 Å². The minimum atomic E-state index is 0.124. The average molecular weight is 390 g/mol. The summed E-state index contributed by atoms with van der Waals surface area (Å²) in [6.45, 7) is 3.31. The van der Waals surface area contributed by atoms with Gasteiger partial charge in [0.1, 0.15) is 12.2 Å². The largest absolute Gasteiger partial charge is 0.348 e. The van der Waals surface area contributed by atoms with Gasteiger partial charge < -0.3 is 10.2 Å². The summed E-state index contributed by atoms with van der Waals surface area (Å²) < 4.78 is 1.93. The molecule has 0 spiro atoms. The summed E-state index contributed by atoms with van der Waals surface area (Å²) in [5.74, 6) is 0.798. The summed E-state index contributed by atoms with van der Waals surface area (Å²) in [6, 6.07) is 20.7. The molecule has 4 rings (SSSR count). The second-order valence-corrected chi connectivity index (χ2v) is 8.15. The van der Waals surface area contributed by atoms with E-state index in [1.54, 1.807) is 0 Å². The van der Waals surface area contributed by atoms with Crippen LogP contribution < -0.4 is 10.2 Å². The van der Waals surface area contributed by atoms with Crippen LogP contribution in [-0.4, -0.2) is 35.3 Å². The molecule has 1 aliphatic carbocycles. The number of hydrogen-bond donors (Lipinski definition) is 2. The van der Waals surface area contributed by atoms with Gasteiger partial charge in [0.05, 0.1) is 18.3 Å². The first-order valence-corrected chi connectivity index (χ1v) is 10.4. The van der Waals surface area contributed by atoms with Crippen LogP contribution in [0.2, 0.25) is 0 Å². The predicted octanol–water partition coefficient (Wildman–Crippen LogP) is 2.47. The fraction of sp³-hybridized carbons (Fsp3) is 0.333. The molecule has 29 heavy (non-hydrogen) atoms. The third-order valence-electron chi connectivity index (χ3n) is 5.53. The van der Waals surface area contributed by atoms with Crippen molar-refractivity contribution in [1.82, 2.24) is 15.1 Å². The highest BCUT2D eigenvalue weighted by molar-refractivity contribution is 5.77. The summed E-state index contributed by atoms with van der Waals surface area (Å²) in [5.41, 5.74) is 4.24. The van der Waals surface area contributed by atoms with Crippen LogP contribution in [-0.2, 0) is 11.3 Å². The maximum Gasteiger partial charge on any atom is 0.275 e. The number of nitrogens with one attached hydrogen (secondary N) is 2. The van der Waals surface area contributed by atoms with Crippen molar-refractivity contribution in [3.05, 3.63) is 72.4 Å². The van der Waals surface area contributed by atoms with Gasteiger partial charge in [-0.3, -0.25) is 4.79 Å². The Labute approximate surface area is 172 Å². The van der Waals surface area contributed by atoms with E-state index in [0.717, 1.165) is 34.0 Å². The monoisotopic (exact) mass is 389 g/mol. The molecule has 2 aromatic carbocycles. The normalized spacial score (nSPS) is 15.7. The number of hydrogen-bond acceptors (Lipinski definition) is 2. The van der Waals surface area contributed by atoms with E-state index in [9.17, 15) is 4.79 Å². The van der Waals surface area contributed by atoms with Crippen molar-refractivity contribution in [2.75, 3.05) is 13.6 Å². The Morgan fingerprint density at radius 3 is 2.45 bits per heavy atom. The van der Waals surface area contributed by atoms with Gasteiger partial charge >= 0.3 is 0 Å². The van der Waals surface area contributed by atoms with Gasteiger partial charge in [-0.15, -0.1) is 0 Å². The first-order valence-electron chi connectivity index (χ1n) is 10.4. The summed E-state index contributed by atoms with van der Waals surface area (Å²) in [6.07, 6.45) is 4.57. The predicted molar refractivity (Wildman–Crippen MR) is 115 cm³/mol. The Balaban J connectivity index is 1.52. The highest BCUT2D eigenvalue weighted by atomic mass is 16.2. The second-order valence-electron chi connectivity index (χ2n) is 8.15. The zero-order valence-corrected chi connectivity index (χ0v) is 17.1. The fourth-order valence-corrected chi connectivity index (χ4v) is 3.77. The molecule has 2 atom stereocenters. The van der Waals surface area contributed by atoms with Gasteiger partial charge in [0, 0.05) is 17.8 Å². The van der Waals surface area contributed by atoms with Crippen LogP contribution in [0.25, 0.3) is 16.9 Å². The van der Waals surface area contributed by atoms with Crippen LogP contribution in [0.3, 0.4) is 0 Å². The van der Waals surface area contributed by atoms with E-state index < -0.39 is 0 Å². The molecule has 1 aromatic heterocycles. The number of para-hydroxylation sites is 1. The lowest BCUT2D eigenvalue weighted by atomic mass is 10.1. The van der Waals surface area contributed by atoms with Crippen molar-refractivity contribution in [3.8, 4) is 16.9 Å². The Kier molecular flexibility index (Phi) is 5.76. The maximum absolute atomic E-state index is 12.4. The first kappa shape index (κ1) is 19.4. The van der Waals surface area contributed by atoms with Crippen LogP contribution in [0.1, 0.15) is 25.3 Å². The number of likely N-dealkylation sites (N-methyl/N-ethyl adjacent to an activating group) is 1. The molecular weight excluding hydrogens is 360 g/mol. The van der Waals surface area contributed by atoms with Crippen LogP contribution >= 0.6 is 0 Å². The van der Waals surface area contributed by atoms with E-state index in [-0.39, 0.29) is 11.9 Å². The number of nitrogens with zero attached hydrogens (tertiary/aromatic N) is 2. The minimum absolute atomic E-state index is 0.124. The molecule has 5 heteroatoms. The third kappa shape index (κ3) is 4.93. The van der Waals surface area contributed by atoms with Crippen LogP contribution in [0, 0.1) is 5.92 Å². The number of benzene rings is 2. The molecule has 0 bridgehead atoms. The Morgan fingerprint density at radius 2 is 1.79 bits per heavy atom. The first-order chi connectivity index (χ1) is 14.1. The van der Waals surface area contributed by atoms with E-state index in [0.29, 0.717) is 12.5 Å². The highest BCUT2D eigenvalue weighted by Crippen LogP contribution is 2.32. The fourth-order valence-electron chi connectivity index (χ4n) is 3.77. The molecule has 1 fully saturated rings. The van der Waals surface area contributed by atoms with Crippen molar-refractivity contribution in [1.29, 1.82) is 0 Å². The quantitative estimate of drug-likeness (QED) is 0.622. The van der Waals surface area contributed by atoms with Gasteiger partial charge in [-0.2, -0.15) is 5.10 Å². The van der Waals surface area contributed by atoms with Gasteiger partial charge in [0.2, 0.25) is 0 Å². The van der Waals surface area contributed by atoms with Gasteiger partial charge in [-0.05, 0) is 37.8 Å². The molecule has 5 nitrogen and oxygen atoms in total. The maximum atomic E-state index is 12.4. The number of carbonyl (C=O) groups excluding carboxylic acids is 1. The number of aromatic nitrogens is 2. The molecule has 1 amide bonds. The Hall–Kier alpha value is -2.92. The van der Waals surface area contributed by atoms with Crippen molar-refractivity contribution < 1.29 is 9.69 Å². The highest BCUT2D eigenvalue weighted by Gasteiger charge is 2.29. The molecule has 0 saturated heterocycles. The lowest BCUT2D eigenvalue weighted by molar-refractivity contribution is -0.885. The van der Waals surface area contributed by atoms with Crippen molar-refractivity contribution >= 4 is 5.91 Å². The zero-order valence-electron chi connectivity index (χ0n) is 17.1. The third-order valence-corrected chi connectivity index (χ3v) is 5.53. The lowest BCUT2D eigenvalue weighted by Gasteiger charge is -2.16. The van der Waals surface area contributed by atoms with Crippen molar-refractivity contribution in [2.45, 2.75) is 32.4 Å². The molecule has 0 aliphatic heterocycles. The number of quaternary nitrogens is 1. The minimum Gasteiger partial charge on any atom is -0.348 e. The molecule has 0 radical (unpaired) electrons. The Bertz CT molecular complexity index is 948. The summed E-state index contributed by atoms with van der Waals surface area (Å²) in [5, 5.41) is 8.02. The standard InChI is InChI=1S/C24H28N4O/c1-18(19-13-14-19)25-23(29)17-27(2)15-21-16-28(22-11-7-4-8-12-22)26-24(21)20-9-5-3-6-10-20/h3-12,16,18-19H,13-15,17H2,1-2H3,(H,25,29)/p+1/t18-/m1/s1. The number of carbonyl (C=O) groups is 1. The zero-order chi connectivity index (χ0) is 20.2. The van der Waals surface area contributed by atoms with Crippen molar-refractivity contribution in [2.24, 2.45) is 5.92 Å². The van der Waals surface area contributed by atoms with Gasteiger partial charge in [-0.1, -0.05) is 48.5 Å².